The quantitative estimate of drug-likeness (QED) is 0.536. The van der Waals surface area contributed by atoms with Gasteiger partial charge >= 0.3 is 0 Å². The van der Waals surface area contributed by atoms with Crippen molar-refractivity contribution < 1.29 is 4.79 Å². The molecular formula is C21H27N5OS2. The van der Waals surface area contributed by atoms with Crippen molar-refractivity contribution in [3.05, 3.63) is 34.5 Å². The Morgan fingerprint density at radius 1 is 1.48 bits per heavy atom. The second kappa shape index (κ2) is 8.72. The van der Waals surface area contributed by atoms with Gasteiger partial charge in [-0.2, -0.15) is 5.26 Å². The number of rotatable bonds is 6. The topological polar surface area (TPSA) is 83.6 Å². The average molecular weight is 430 g/mol. The molecule has 1 aliphatic carbocycles. The number of hydrogen-bond donors (Lipinski definition) is 1. The van der Waals surface area contributed by atoms with Crippen LogP contribution in [0.1, 0.15) is 49.0 Å². The van der Waals surface area contributed by atoms with Crippen molar-refractivity contribution in [2.24, 2.45) is 11.3 Å². The van der Waals surface area contributed by atoms with Crippen LogP contribution in [-0.2, 0) is 24.2 Å². The molecule has 29 heavy (non-hydrogen) atoms. The molecule has 0 aromatic carbocycles. The summed E-state index contributed by atoms with van der Waals surface area (Å²) in [6.07, 6.45) is 4.75. The first-order valence-electron chi connectivity index (χ1n) is 9.72. The van der Waals surface area contributed by atoms with E-state index in [4.69, 9.17) is 0 Å². The molecule has 0 radical (unpaired) electrons. The first kappa shape index (κ1) is 21.6. The molecule has 0 bridgehead atoms. The summed E-state index contributed by atoms with van der Waals surface area (Å²) in [4.78, 5) is 13.8. The minimum Gasteiger partial charge on any atom is -0.316 e. The van der Waals surface area contributed by atoms with E-state index in [1.54, 1.807) is 17.4 Å². The minimum absolute atomic E-state index is 0.136. The third kappa shape index (κ3) is 4.73. The number of nitriles is 1. The maximum absolute atomic E-state index is 12.6. The third-order valence-electron chi connectivity index (χ3n) is 5.40. The van der Waals surface area contributed by atoms with Gasteiger partial charge in [-0.15, -0.1) is 28.1 Å². The number of fused-ring (bicyclic) bond motifs is 1. The molecule has 0 fully saturated rings. The fourth-order valence-electron chi connectivity index (χ4n) is 3.63. The highest BCUT2D eigenvalue weighted by atomic mass is 32.2. The van der Waals surface area contributed by atoms with Crippen LogP contribution in [0.3, 0.4) is 0 Å². The predicted octanol–water partition coefficient (Wildman–Crippen LogP) is 4.59. The summed E-state index contributed by atoms with van der Waals surface area (Å²) in [5, 5.41) is 22.2. The fraction of sp³-hybridized carbons (Fsp3) is 0.524. The summed E-state index contributed by atoms with van der Waals surface area (Å²) in [5.74, 6) is 1.47. The van der Waals surface area contributed by atoms with E-state index < -0.39 is 0 Å². The van der Waals surface area contributed by atoms with E-state index in [0.717, 1.165) is 30.7 Å². The Bertz CT molecular complexity index is 961. The van der Waals surface area contributed by atoms with Crippen molar-refractivity contribution in [3.63, 3.8) is 0 Å². The monoisotopic (exact) mass is 429 g/mol. The Labute approximate surface area is 180 Å². The standard InChI is InChI=1S/C21H27N5OS2/c1-6-9-26-13(2)24-25-20(26)28-12-18(27)23-19-16(11-22)15-8-7-14(21(3,4)5)10-17(15)29-19/h6,14H,1,7-10,12H2,2-5H3,(H,23,27). The molecule has 1 unspecified atom stereocenters. The van der Waals surface area contributed by atoms with Crippen LogP contribution in [0.4, 0.5) is 5.00 Å². The molecule has 0 saturated carbocycles. The van der Waals surface area contributed by atoms with Gasteiger partial charge in [0.15, 0.2) is 5.16 Å². The van der Waals surface area contributed by atoms with Gasteiger partial charge in [0.25, 0.3) is 0 Å². The van der Waals surface area contributed by atoms with Crippen molar-refractivity contribution in [2.45, 2.75) is 58.7 Å². The highest BCUT2D eigenvalue weighted by molar-refractivity contribution is 7.99. The molecule has 1 N–H and O–H groups in total. The SMILES string of the molecule is C=CCn1c(C)nnc1SCC(=O)Nc1sc2c(c1C#N)CCC(C(C)(C)C)C2. The average Bonchev–Trinajstić information content (AvgIpc) is 3.19. The molecule has 1 atom stereocenters. The summed E-state index contributed by atoms with van der Waals surface area (Å²) in [6, 6.07) is 2.32. The lowest BCUT2D eigenvalue weighted by molar-refractivity contribution is -0.113. The van der Waals surface area contributed by atoms with Crippen LogP contribution in [0.25, 0.3) is 0 Å². The van der Waals surface area contributed by atoms with Gasteiger partial charge in [-0.05, 0) is 43.1 Å². The molecule has 154 valence electrons. The van der Waals surface area contributed by atoms with Crippen LogP contribution in [0.5, 0.6) is 0 Å². The fourth-order valence-corrected chi connectivity index (χ4v) is 5.72. The summed E-state index contributed by atoms with van der Waals surface area (Å²) in [7, 11) is 0. The first-order valence-corrected chi connectivity index (χ1v) is 11.5. The zero-order valence-corrected chi connectivity index (χ0v) is 19.0. The number of nitrogens with one attached hydrogen (secondary N) is 1. The Morgan fingerprint density at radius 2 is 2.24 bits per heavy atom. The van der Waals surface area contributed by atoms with E-state index in [2.05, 4.69) is 48.9 Å². The zero-order valence-electron chi connectivity index (χ0n) is 17.4. The molecular weight excluding hydrogens is 402 g/mol. The molecule has 0 aliphatic heterocycles. The molecule has 2 aromatic heterocycles. The van der Waals surface area contributed by atoms with E-state index in [1.165, 1.54) is 16.6 Å². The number of amides is 1. The van der Waals surface area contributed by atoms with Gasteiger partial charge in [0.2, 0.25) is 5.91 Å². The van der Waals surface area contributed by atoms with Crippen molar-refractivity contribution in [2.75, 3.05) is 11.1 Å². The van der Waals surface area contributed by atoms with Crippen LogP contribution in [0, 0.1) is 29.6 Å². The number of aromatic nitrogens is 3. The van der Waals surface area contributed by atoms with E-state index in [9.17, 15) is 10.1 Å². The first-order chi connectivity index (χ1) is 13.7. The van der Waals surface area contributed by atoms with Gasteiger partial charge < -0.3 is 9.88 Å². The van der Waals surface area contributed by atoms with Crippen LogP contribution >= 0.6 is 23.1 Å². The number of carbonyl (C=O) groups excluding carboxylic acids is 1. The molecule has 0 spiro atoms. The molecule has 1 amide bonds. The summed E-state index contributed by atoms with van der Waals surface area (Å²) >= 11 is 2.90. The molecule has 2 heterocycles. The van der Waals surface area contributed by atoms with Crippen molar-refractivity contribution in [1.29, 1.82) is 5.26 Å². The number of thiophene rings is 1. The maximum atomic E-state index is 12.6. The molecule has 0 saturated heterocycles. The minimum atomic E-state index is -0.136. The van der Waals surface area contributed by atoms with Gasteiger partial charge in [-0.1, -0.05) is 38.6 Å². The Kier molecular flexibility index (Phi) is 6.49. The molecule has 3 rings (SSSR count). The highest BCUT2D eigenvalue weighted by Crippen LogP contribution is 2.44. The van der Waals surface area contributed by atoms with Gasteiger partial charge in [-0.3, -0.25) is 4.79 Å². The van der Waals surface area contributed by atoms with E-state index in [-0.39, 0.29) is 17.1 Å². The second-order valence-corrected chi connectivity index (χ2v) is 10.4. The maximum Gasteiger partial charge on any atom is 0.235 e. The van der Waals surface area contributed by atoms with Crippen molar-refractivity contribution in [3.8, 4) is 6.07 Å². The number of hydrogen-bond acceptors (Lipinski definition) is 6. The van der Waals surface area contributed by atoms with Crippen molar-refractivity contribution in [1.82, 2.24) is 14.8 Å². The van der Waals surface area contributed by atoms with Crippen LogP contribution in [0.2, 0.25) is 0 Å². The number of thioether (sulfide) groups is 1. The molecule has 1 aliphatic rings. The summed E-state index contributed by atoms with van der Waals surface area (Å²) < 4.78 is 1.92. The Hall–Kier alpha value is -2.11. The highest BCUT2D eigenvalue weighted by Gasteiger charge is 2.32. The van der Waals surface area contributed by atoms with E-state index in [1.807, 2.05) is 11.5 Å². The van der Waals surface area contributed by atoms with E-state index in [0.29, 0.717) is 28.2 Å². The van der Waals surface area contributed by atoms with Crippen LogP contribution < -0.4 is 5.32 Å². The normalized spacial score (nSPS) is 16.2. The molecule has 6 nitrogen and oxygen atoms in total. The Balaban J connectivity index is 1.69. The number of nitrogens with zero attached hydrogens (tertiary/aromatic N) is 4. The van der Waals surface area contributed by atoms with Gasteiger partial charge in [-0.25, -0.2) is 0 Å². The van der Waals surface area contributed by atoms with Crippen molar-refractivity contribution >= 4 is 34.0 Å². The van der Waals surface area contributed by atoms with Gasteiger partial charge in [0, 0.05) is 11.4 Å². The second-order valence-electron chi connectivity index (χ2n) is 8.39. The lowest BCUT2D eigenvalue weighted by Gasteiger charge is -2.33. The third-order valence-corrected chi connectivity index (χ3v) is 7.54. The lowest BCUT2D eigenvalue weighted by Crippen LogP contribution is -2.26. The number of carbonyl (C=O) groups is 1. The smallest absolute Gasteiger partial charge is 0.235 e. The predicted molar refractivity (Wildman–Crippen MR) is 118 cm³/mol. The largest absolute Gasteiger partial charge is 0.316 e. The van der Waals surface area contributed by atoms with Gasteiger partial charge in [0.1, 0.15) is 16.9 Å². The number of allylic oxidation sites excluding steroid dienone is 1. The summed E-state index contributed by atoms with van der Waals surface area (Å²) in [6.45, 7) is 13.0. The van der Waals surface area contributed by atoms with Gasteiger partial charge in [0.05, 0.1) is 11.3 Å². The Morgan fingerprint density at radius 3 is 2.90 bits per heavy atom. The molecule has 2 aromatic rings. The number of anilines is 1. The van der Waals surface area contributed by atoms with Crippen LogP contribution in [0.15, 0.2) is 17.8 Å². The summed E-state index contributed by atoms with van der Waals surface area (Å²) in [5.41, 5.74) is 2.01. The van der Waals surface area contributed by atoms with Crippen LogP contribution in [-0.4, -0.2) is 26.4 Å². The molecule has 8 heteroatoms. The number of aryl methyl sites for hydroxylation is 1. The zero-order chi connectivity index (χ0) is 21.2. The van der Waals surface area contributed by atoms with E-state index >= 15 is 0 Å². The lowest BCUT2D eigenvalue weighted by atomic mass is 9.72.